The summed E-state index contributed by atoms with van der Waals surface area (Å²) in [5, 5.41) is 4.10. The van der Waals surface area contributed by atoms with Crippen LogP contribution in [0.2, 0.25) is 0 Å². The maximum absolute atomic E-state index is 13.3. The minimum Gasteiger partial charge on any atom is -0.340 e. The van der Waals surface area contributed by atoms with Crippen molar-refractivity contribution < 1.29 is 4.39 Å². The summed E-state index contributed by atoms with van der Waals surface area (Å²) in [5.74, 6) is 0.398. The molecule has 0 saturated carbocycles. The van der Waals surface area contributed by atoms with Crippen LogP contribution in [0.1, 0.15) is 0 Å². The Morgan fingerprint density at radius 2 is 1.78 bits per heavy atom. The van der Waals surface area contributed by atoms with Crippen LogP contribution in [0.3, 0.4) is 0 Å². The van der Waals surface area contributed by atoms with Gasteiger partial charge >= 0.3 is 0 Å². The topological polar surface area (TPSA) is 37.8 Å². The molecule has 2 aromatic heterocycles. The Balaban J connectivity index is 1.77. The molecule has 4 aromatic rings. The van der Waals surface area contributed by atoms with Crippen molar-refractivity contribution in [3.8, 4) is 10.4 Å². The minimum absolute atomic E-state index is 0.282. The second kappa shape index (κ2) is 5.78. The van der Waals surface area contributed by atoms with E-state index in [9.17, 15) is 4.39 Å². The first-order chi connectivity index (χ1) is 11.3. The monoisotopic (exact) mass is 321 g/mol. The lowest BCUT2D eigenvalue weighted by molar-refractivity contribution is 0.628. The van der Waals surface area contributed by atoms with Gasteiger partial charge in [-0.05, 0) is 29.8 Å². The zero-order valence-electron chi connectivity index (χ0n) is 12.0. The third-order valence-electron chi connectivity index (χ3n) is 3.48. The molecule has 0 bridgehead atoms. The summed E-state index contributed by atoms with van der Waals surface area (Å²) >= 11 is 1.61. The normalized spacial score (nSPS) is 10.8. The summed E-state index contributed by atoms with van der Waals surface area (Å²) in [4.78, 5) is 10.7. The number of aromatic nitrogens is 2. The molecule has 0 radical (unpaired) electrons. The predicted octanol–water partition coefficient (Wildman–Crippen LogP) is 5.24. The summed E-state index contributed by atoms with van der Waals surface area (Å²) in [6.07, 6.45) is 1.52. The molecule has 112 valence electrons. The summed E-state index contributed by atoms with van der Waals surface area (Å²) in [7, 11) is 0. The number of anilines is 2. The van der Waals surface area contributed by atoms with Gasteiger partial charge in [0.15, 0.2) is 0 Å². The quantitative estimate of drug-likeness (QED) is 0.560. The first kappa shape index (κ1) is 13.8. The molecule has 2 heterocycles. The predicted molar refractivity (Wildman–Crippen MR) is 92.5 cm³/mol. The lowest BCUT2D eigenvalue weighted by Gasteiger charge is -2.06. The van der Waals surface area contributed by atoms with Crippen molar-refractivity contribution in [3.63, 3.8) is 0 Å². The number of fused-ring (bicyclic) bond motifs is 1. The van der Waals surface area contributed by atoms with Gasteiger partial charge in [-0.25, -0.2) is 14.4 Å². The zero-order valence-corrected chi connectivity index (χ0v) is 12.8. The molecule has 0 atom stereocenters. The van der Waals surface area contributed by atoms with Crippen molar-refractivity contribution in [1.82, 2.24) is 9.97 Å². The summed E-state index contributed by atoms with van der Waals surface area (Å²) in [5.41, 5.74) is 1.81. The highest BCUT2D eigenvalue weighted by molar-refractivity contribution is 7.21. The Bertz CT molecular complexity index is 966. The highest BCUT2D eigenvalue weighted by Gasteiger charge is 2.10. The molecule has 0 unspecified atom stereocenters. The van der Waals surface area contributed by atoms with E-state index in [-0.39, 0.29) is 5.82 Å². The van der Waals surface area contributed by atoms with Gasteiger partial charge < -0.3 is 5.32 Å². The number of nitrogens with zero attached hydrogens (tertiary/aromatic N) is 2. The maximum Gasteiger partial charge on any atom is 0.142 e. The molecule has 3 nitrogen and oxygen atoms in total. The molecule has 4 rings (SSSR count). The van der Waals surface area contributed by atoms with E-state index in [2.05, 4.69) is 33.5 Å². The van der Waals surface area contributed by atoms with E-state index in [1.165, 1.54) is 18.5 Å². The van der Waals surface area contributed by atoms with Gasteiger partial charge in [0.2, 0.25) is 0 Å². The average molecular weight is 321 g/mol. The highest BCUT2D eigenvalue weighted by atomic mass is 32.1. The number of benzene rings is 2. The Morgan fingerprint density at radius 3 is 2.61 bits per heavy atom. The van der Waals surface area contributed by atoms with Crippen molar-refractivity contribution in [3.05, 3.63) is 72.8 Å². The van der Waals surface area contributed by atoms with Crippen LogP contribution in [0.4, 0.5) is 15.9 Å². The summed E-state index contributed by atoms with van der Waals surface area (Å²) < 4.78 is 13.3. The summed E-state index contributed by atoms with van der Waals surface area (Å²) in [6, 6.07) is 18.5. The fraction of sp³-hybridized carbons (Fsp3) is 0. The lowest BCUT2D eigenvalue weighted by atomic mass is 10.2. The molecular weight excluding hydrogens is 309 g/mol. The third kappa shape index (κ3) is 2.78. The number of thiophene rings is 1. The Hall–Kier alpha value is -2.79. The molecule has 23 heavy (non-hydrogen) atoms. The van der Waals surface area contributed by atoms with Crippen LogP contribution < -0.4 is 5.32 Å². The van der Waals surface area contributed by atoms with Crippen LogP contribution in [0.15, 0.2) is 67.0 Å². The molecule has 0 aliphatic heterocycles. The van der Waals surface area contributed by atoms with Crippen LogP contribution in [0.25, 0.3) is 20.7 Å². The zero-order chi connectivity index (χ0) is 15.6. The molecule has 0 aliphatic rings. The lowest BCUT2D eigenvalue weighted by Crippen LogP contribution is -1.94. The SMILES string of the molecule is Fc1cccc(Nc2ncnc3sc(-c4ccccc4)cc23)c1. The fourth-order valence-electron chi connectivity index (χ4n) is 2.40. The standard InChI is InChI=1S/C18H12FN3S/c19-13-7-4-8-14(9-13)22-17-15-10-16(12-5-2-1-3-6-12)23-18(15)21-11-20-17/h1-11H,(H,20,21,22). The van der Waals surface area contributed by atoms with Gasteiger partial charge in [0.25, 0.3) is 0 Å². The molecule has 0 spiro atoms. The first-order valence-electron chi connectivity index (χ1n) is 7.12. The van der Waals surface area contributed by atoms with E-state index in [1.807, 2.05) is 24.3 Å². The van der Waals surface area contributed by atoms with Crippen LogP contribution in [0.5, 0.6) is 0 Å². The van der Waals surface area contributed by atoms with Crippen molar-refractivity contribution in [2.24, 2.45) is 0 Å². The molecule has 2 aromatic carbocycles. The highest BCUT2D eigenvalue weighted by Crippen LogP contribution is 2.35. The second-order valence-corrected chi connectivity index (χ2v) is 6.08. The van der Waals surface area contributed by atoms with Crippen LogP contribution in [0, 0.1) is 5.82 Å². The van der Waals surface area contributed by atoms with Crippen LogP contribution in [-0.4, -0.2) is 9.97 Å². The van der Waals surface area contributed by atoms with Gasteiger partial charge in [0, 0.05) is 10.6 Å². The second-order valence-electron chi connectivity index (χ2n) is 5.05. The van der Waals surface area contributed by atoms with Crippen molar-refractivity contribution in [1.29, 1.82) is 0 Å². The Kier molecular flexibility index (Phi) is 3.48. The smallest absolute Gasteiger partial charge is 0.142 e. The van der Waals surface area contributed by atoms with E-state index >= 15 is 0 Å². The third-order valence-corrected chi connectivity index (χ3v) is 4.57. The van der Waals surface area contributed by atoms with E-state index < -0.39 is 0 Å². The van der Waals surface area contributed by atoms with E-state index in [1.54, 1.807) is 17.4 Å². The average Bonchev–Trinajstić information content (AvgIpc) is 3.01. The maximum atomic E-state index is 13.3. The van der Waals surface area contributed by atoms with Gasteiger partial charge in [-0.3, -0.25) is 0 Å². The molecular formula is C18H12FN3S. The fourth-order valence-corrected chi connectivity index (χ4v) is 3.41. The minimum atomic E-state index is -0.282. The number of halogens is 1. The van der Waals surface area contributed by atoms with Gasteiger partial charge in [-0.2, -0.15) is 0 Å². The largest absolute Gasteiger partial charge is 0.340 e. The van der Waals surface area contributed by atoms with Crippen molar-refractivity contribution in [2.45, 2.75) is 0 Å². The van der Waals surface area contributed by atoms with Gasteiger partial charge in [-0.15, -0.1) is 11.3 Å². The molecule has 0 fully saturated rings. The van der Waals surface area contributed by atoms with Gasteiger partial charge in [0.1, 0.15) is 22.8 Å². The Labute approximate surface area is 136 Å². The number of rotatable bonds is 3. The number of hydrogen-bond acceptors (Lipinski definition) is 4. The molecule has 0 saturated heterocycles. The number of nitrogens with one attached hydrogen (secondary N) is 1. The molecule has 5 heteroatoms. The summed E-state index contributed by atoms with van der Waals surface area (Å²) in [6.45, 7) is 0. The van der Waals surface area contributed by atoms with Crippen LogP contribution in [-0.2, 0) is 0 Å². The Morgan fingerprint density at radius 1 is 0.913 bits per heavy atom. The van der Waals surface area contributed by atoms with E-state index in [4.69, 9.17) is 0 Å². The van der Waals surface area contributed by atoms with Crippen LogP contribution >= 0.6 is 11.3 Å². The van der Waals surface area contributed by atoms with Gasteiger partial charge in [0.05, 0.1) is 5.39 Å². The molecule has 1 N–H and O–H groups in total. The van der Waals surface area contributed by atoms with Crippen molar-refractivity contribution >= 4 is 33.1 Å². The first-order valence-corrected chi connectivity index (χ1v) is 7.94. The van der Waals surface area contributed by atoms with Crippen molar-refractivity contribution in [2.75, 3.05) is 5.32 Å². The molecule has 0 amide bonds. The van der Waals surface area contributed by atoms with Gasteiger partial charge in [-0.1, -0.05) is 36.4 Å². The van der Waals surface area contributed by atoms with E-state index in [0.29, 0.717) is 11.5 Å². The number of hydrogen-bond donors (Lipinski definition) is 1. The molecule has 0 aliphatic carbocycles. The van der Waals surface area contributed by atoms with E-state index in [0.717, 1.165) is 20.7 Å².